The second-order valence-electron chi connectivity index (χ2n) is 7.49. The molecule has 0 saturated carbocycles. The van der Waals surface area contributed by atoms with E-state index in [4.69, 9.17) is 0 Å². The zero-order valence-corrected chi connectivity index (χ0v) is 13.3. The van der Waals surface area contributed by atoms with Gasteiger partial charge in [0.1, 0.15) is 0 Å². The molecule has 2 heterocycles. The lowest BCUT2D eigenvalue weighted by molar-refractivity contribution is -0.974. The molecule has 0 aromatic heterocycles. The molecule has 0 aliphatic carbocycles. The van der Waals surface area contributed by atoms with Crippen LogP contribution in [-0.4, -0.2) is 29.7 Å². The molecule has 18 heavy (non-hydrogen) atoms. The standard InChI is InChI=1S/C17H34N/c1-13-12-14(2)16(4)18(17(5)15(13)3)10-8-6-7-9-11-18/h13-17H,6-12H2,1-5H3/q+1. The van der Waals surface area contributed by atoms with E-state index in [0.29, 0.717) is 0 Å². The number of hydrogen-bond donors (Lipinski definition) is 0. The number of nitrogens with zero attached hydrogens (tertiary/aromatic N) is 1. The minimum Gasteiger partial charge on any atom is -0.319 e. The summed E-state index contributed by atoms with van der Waals surface area (Å²) in [4.78, 5) is 0. The first-order chi connectivity index (χ1) is 8.49. The lowest BCUT2D eigenvalue weighted by Gasteiger charge is -2.49. The Hall–Kier alpha value is -0.0400. The predicted molar refractivity (Wildman–Crippen MR) is 79.5 cm³/mol. The zero-order chi connectivity index (χ0) is 13.3. The molecule has 5 atom stereocenters. The molecule has 0 radical (unpaired) electrons. The fourth-order valence-electron chi connectivity index (χ4n) is 4.91. The predicted octanol–water partition coefficient (Wildman–Crippen LogP) is 4.47. The molecule has 2 aliphatic rings. The van der Waals surface area contributed by atoms with Gasteiger partial charge < -0.3 is 4.48 Å². The maximum Gasteiger partial charge on any atom is 0.0892 e. The molecule has 0 aromatic carbocycles. The Kier molecular flexibility index (Phi) is 4.41. The van der Waals surface area contributed by atoms with Crippen LogP contribution in [0.5, 0.6) is 0 Å². The highest BCUT2D eigenvalue weighted by Gasteiger charge is 2.47. The summed E-state index contributed by atoms with van der Waals surface area (Å²) in [6, 6.07) is 1.73. The van der Waals surface area contributed by atoms with E-state index in [1.54, 1.807) is 0 Å². The van der Waals surface area contributed by atoms with Gasteiger partial charge in [-0.2, -0.15) is 0 Å². The van der Waals surface area contributed by atoms with Crippen LogP contribution in [0, 0.1) is 17.8 Å². The third kappa shape index (κ3) is 2.35. The smallest absolute Gasteiger partial charge is 0.0892 e. The van der Waals surface area contributed by atoms with Gasteiger partial charge in [-0.1, -0.05) is 20.8 Å². The fourth-order valence-corrected chi connectivity index (χ4v) is 4.91. The highest BCUT2D eigenvalue weighted by Crippen LogP contribution is 2.41. The van der Waals surface area contributed by atoms with Crippen LogP contribution in [0.4, 0.5) is 0 Å². The summed E-state index contributed by atoms with van der Waals surface area (Å²) in [5, 5.41) is 0. The van der Waals surface area contributed by atoms with Crippen LogP contribution in [0.1, 0.15) is 66.7 Å². The zero-order valence-electron chi connectivity index (χ0n) is 13.3. The quantitative estimate of drug-likeness (QED) is 0.558. The normalized spacial score (nSPS) is 45.5. The van der Waals surface area contributed by atoms with Crippen molar-refractivity contribution >= 4 is 0 Å². The molecule has 2 rings (SSSR count). The van der Waals surface area contributed by atoms with Crippen molar-refractivity contribution in [3.8, 4) is 0 Å². The maximum absolute atomic E-state index is 2.56. The van der Waals surface area contributed by atoms with Crippen LogP contribution >= 0.6 is 0 Å². The summed E-state index contributed by atoms with van der Waals surface area (Å²) in [6.07, 6.45) is 7.30. The van der Waals surface area contributed by atoms with Crippen molar-refractivity contribution in [2.75, 3.05) is 13.1 Å². The summed E-state index contributed by atoms with van der Waals surface area (Å²) in [6.45, 7) is 15.5. The molecule has 5 unspecified atom stereocenters. The second-order valence-corrected chi connectivity index (χ2v) is 7.49. The van der Waals surface area contributed by atoms with E-state index in [-0.39, 0.29) is 0 Å². The lowest BCUT2D eigenvalue weighted by Crippen LogP contribution is -2.62. The van der Waals surface area contributed by atoms with Crippen molar-refractivity contribution < 1.29 is 4.48 Å². The molecule has 0 bridgehead atoms. The average Bonchev–Trinajstić information content (AvgIpc) is 2.63. The Labute approximate surface area is 115 Å². The number of rotatable bonds is 0. The van der Waals surface area contributed by atoms with E-state index in [0.717, 1.165) is 29.8 Å². The molecule has 0 N–H and O–H groups in total. The Morgan fingerprint density at radius 3 is 1.78 bits per heavy atom. The second kappa shape index (κ2) is 5.53. The van der Waals surface area contributed by atoms with Gasteiger partial charge in [0.25, 0.3) is 0 Å². The minimum absolute atomic E-state index is 0.859. The molecule has 2 fully saturated rings. The van der Waals surface area contributed by atoms with Crippen molar-refractivity contribution in [3.05, 3.63) is 0 Å². The summed E-state index contributed by atoms with van der Waals surface area (Å²) in [7, 11) is 0. The summed E-state index contributed by atoms with van der Waals surface area (Å²) in [5.41, 5.74) is 0. The largest absolute Gasteiger partial charge is 0.319 e. The van der Waals surface area contributed by atoms with Crippen molar-refractivity contribution in [3.63, 3.8) is 0 Å². The lowest BCUT2D eigenvalue weighted by atomic mass is 9.85. The number of hydrogen-bond acceptors (Lipinski definition) is 0. The van der Waals surface area contributed by atoms with Gasteiger partial charge in [-0.15, -0.1) is 0 Å². The molecule has 0 amide bonds. The van der Waals surface area contributed by atoms with Crippen molar-refractivity contribution in [2.45, 2.75) is 78.8 Å². The van der Waals surface area contributed by atoms with Gasteiger partial charge in [-0.05, 0) is 51.9 Å². The van der Waals surface area contributed by atoms with Crippen molar-refractivity contribution in [1.29, 1.82) is 0 Å². The number of quaternary nitrogens is 1. The summed E-state index contributed by atoms with van der Waals surface area (Å²) < 4.78 is 1.44. The average molecular weight is 252 g/mol. The Bertz CT molecular complexity index is 265. The van der Waals surface area contributed by atoms with Gasteiger partial charge in [0.2, 0.25) is 0 Å². The SMILES string of the molecule is CC1CC(C)C(C)[N+]2(CCCCCC2)C(C)C1C. The molecule has 0 aromatic rings. The minimum atomic E-state index is 0.859. The van der Waals surface area contributed by atoms with Crippen LogP contribution in [0.15, 0.2) is 0 Å². The molecule has 106 valence electrons. The first-order valence-corrected chi connectivity index (χ1v) is 8.35. The third-order valence-corrected chi connectivity index (χ3v) is 6.75. The monoisotopic (exact) mass is 252 g/mol. The van der Waals surface area contributed by atoms with Gasteiger partial charge >= 0.3 is 0 Å². The summed E-state index contributed by atoms with van der Waals surface area (Å²) >= 11 is 0. The fraction of sp³-hybridized carbons (Fsp3) is 1.00. The van der Waals surface area contributed by atoms with E-state index in [1.165, 1.54) is 49.7 Å². The van der Waals surface area contributed by atoms with E-state index >= 15 is 0 Å². The van der Waals surface area contributed by atoms with Crippen LogP contribution in [0.3, 0.4) is 0 Å². The summed E-state index contributed by atoms with van der Waals surface area (Å²) in [5.74, 6) is 2.68. The first kappa shape index (κ1) is 14.4. The topological polar surface area (TPSA) is 0 Å². The molecular weight excluding hydrogens is 218 g/mol. The molecule has 2 saturated heterocycles. The van der Waals surface area contributed by atoms with Gasteiger partial charge in [0, 0.05) is 11.8 Å². The molecule has 1 heteroatoms. The molecular formula is C17H34N+. The molecule has 1 nitrogen and oxygen atoms in total. The van der Waals surface area contributed by atoms with E-state index in [9.17, 15) is 0 Å². The van der Waals surface area contributed by atoms with E-state index in [1.807, 2.05) is 0 Å². The van der Waals surface area contributed by atoms with Crippen LogP contribution in [0.2, 0.25) is 0 Å². The van der Waals surface area contributed by atoms with Crippen LogP contribution < -0.4 is 0 Å². The van der Waals surface area contributed by atoms with Crippen molar-refractivity contribution in [2.24, 2.45) is 17.8 Å². The highest BCUT2D eigenvalue weighted by molar-refractivity contribution is 4.81. The van der Waals surface area contributed by atoms with Gasteiger partial charge in [0.05, 0.1) is 25.2 Å². The van der Waals surface area contributed by atoms with E-state index in [2.05, 4.69) is 34.6 Å². The molecule has 2 aliphatic heterocycles. The van der Waals surface area contributed by atoms with Gasteiger partial charge in [0.15, 0.2) is 0 Å². The highest BCUT2D eigenvalue weighted by atomic mass is 15.4. The Balaban J connectivity index is 2.32. The first-order valence-electron chi connectivity index (χ1n) is 8.35. The Morgan fingerprint density at radius 1 is 0.667 bits per heavy atom. The molecule has 1 spiro atoms. The van der Waals surface area contributed by atoms with Crippen LogP contribution in [0.25, 0.3) is 0 Å². The van der Waals surface area contributed by atoms with Crippen LogP contribution in [-0.2, 0) is 0 Å². The van der Waals surface area contributed by atoms with Crippen molar-refractivity contribution in [1.82, 2.24) is 0 Å². The van der Waals surface area contributed by atoms with Gasteiger partial charge in [-0.25, -0.2) is 0 Å². The Morgan fingerprint density at radius 2 is 1.22 bits per heavy atom. The van der Waals surface area contributed by atoms with E-state index < -0.39 is 0 Å². The van der Waals surface area contributed by atoms with Gasteiger partial charge in [-0.3, -0.25) is 0 Å². The third-order valence-electron chi connectivity index (χ3n) is 6.75. The maximum atomic E-state index is 2.56.